The first kappa shape index (κ1) is 18.6. The molecular weight excluding hydrogens is 362 g/mol. The van der Waals surface area contributed by atoms with Crippen molar-refractivity contribution in [3.63, 3.8) is 0 Å². The van der Waals surface area contributed by atoms with Gasteiger partial charge < -0.3 is 19.0 Å². The van der Waals surface area contributed by atoms with Gasteiger partial charge in [0.15, 0.2) is 0 Å². The summed E-state index contributed by atoms with van der Waals surface area (Å²) in [4.78, 5) is 11.0. The third kappa shape index (κ3) is 3.81. The molecule has 26 heavy (non-hydrogen) atoms. The molecule has 7 nitrogen and oxygen atoms in total. The van der Waals surface area contributed by atoms with Crippen molar-refractivity contribution in [2.45, 2.75) is 6.10 Å². The van der Waals surface area contributed by atoms with E-state index in [1.165, 1.54) is 6.07 Å². The third-order valence-corrected chi connectivity index (χ3v) is 4.16. The zero-order valence-electron chi connectivity index (χ0n) is 13.9. The maximum absolute atomic E-state index is 11.5. The summed E-state index contributed by atoms with van der Waals surface area (Å²) < 4.78 is 16.5. The first-order valence-electron chi connectivity index (χ1n) is 8.11. The number of fused-ring (bicyclic) bond motifs is 3. The molecule has 0 bridgehead atoms. The summed E-state index contributed by atoms with van der Waals surface area (Å²) >= 11 is 5.52. The van der Waals surface area contributed by atoms with E-state index in [1.54, 1.807) is 12.1 Å². The maximum Gasteiger partial charge on any atom is 0.279 e. The Kier molecular flexibility index (Phi) is 6.05. The molecule has 8 heteroatoms. The maximum atomic E-state index is 11.5. The van der Waals surface area contributed by atoms with Gasteiger partial charge in [0.25, 0.3) is 5.69 Å². The number of alkyl halides is 1. The Morgan fingerprint density at radius 3 is 2.69 bits per heavy atom. The van der Waals surface area contributed by atoms with Crippen LogP contribution in [0.15, 0.2) is 40.8 Å². The van der Waals surface area contributed by atoms with Crippen LogP contribution in [-0.4, -0.2) is 42.3 Å². The van der Waals surface area contributed by atoms with Gasteiger partial charge in [0, 0.05) is 16.7 Å². The van der Waals surface area contributed by atoms with Crippen LogP contribution in [0.2, 0.25) is 0 Å². The van der Waals surface area contributed by atoms with Crippen LogP contribution in [0.5, 0.6) is 0 Å². The molecule has 0 aliphatic heterocycles. The predicted molar refractivity (Wildman–Crippen MR) is 97.7 cm³/mol. The molecule has 1 unspecified atom stereocenters. The summed E-state index contributed by atoms with van der Waals surface area (Å²) in [5, 5.41) is 22.8. The molecule has 1 heterocycles. The Hall–Kier alpha value is -2.19. The van der Waals surface area contributed by atoms with Crippen molar-refractivity contribution in [1.82, 2.24) is 0 Å². The van der Waals surface area contributed by atoms with E-state index in [0.29, 0.717) is 29.2 Å². The van der Waals surface area contributed by atoms with Crippen LogP contribution in [0, 0.1) is 10.1 Å². The number of hydrogen-bond donors (Lipinski definition) is 1. The second kappa shape index (κ2) is 8.46. The first-order valence-corrected chi connectivity index (χ1v) is 8.65. The minimum atomic E-state index is -0.840. The van der Waals surface area contributed by atoms with Gasteiger partial charge in [-0.2, -0.15) is 0 Å². The number of nitro benzene ring substituents is 1. The molecule has 1 aromatic heterocycles. The fraction of sp³-hybridized carbons (Fsp3) is 0.333. The number of aliphatic hydroxyl groups excluding tert-OH is 1. The molecule has 1 atom stereocenters. The van der Waals surface area contributed by atoms with E-state index >= 15 is 0 Å². The predicted octanol–water partition coefficient (Wildman–Crippen LogP) is 3.80. The molecule has 2 aromatic carbocycles. The van der Waals surface area contributed by atoms with Crippen molar-refractivity contribution < 1.29 is 23.9 Å². The molecule has 0 aliphatic rings. The monoisotopic (exact) mass is 379 g/mol. The summed E-state index contributed by atoms with van der Waals surface area (Å²) in [6, 6.07) is 10.4. The minimum Gasteiger partial charge on any atom is -0.456 e. The molecule has 1 N–H and O–H groups in total. The number of nitrogens with zero attached hydrogens (tertiary/aromatic N) is 1. The van der Waals surface area contributed by atoms with E-state index in [0.717, 1.165) is 10.8 Å². The lowest BCUT2D eigenvalue weighted by molar-refractivity contribution is -0.386. The second-order valence-electron chi connectivity index (χ2n) is 5.61. The van der Waals surface area contributed by atoms with Gasteiger partial charge in [0.1, 0.15) is 17.3 Å². The van der Waals surface area contributed by atoms with Crippen molar-refractivity contribution in [3.8, 4) is 0 Å². The Labute approximate surface area is 154 Å². The van der Waals surface area contributed by atoms with Crippen molar-refractivity contribution >= 4 is 39.2 Å². The van der Waals surface area contributed by atoms with Crippen molar-refractivity contribution in [1.29, 1.82) is 0 Å². The fourth-order valence-corrected chi connectivity index (χ4v) is 2.95. The number of rotatable bonds is 9. The number of aliphatic hydroxyl groups is 1. The highest BCUT2D eigenvalue weighted by molar-refractivity contribution is 6.17. The molecule has 0 fully saturated rings. The van der Waals surface area contributed by atoms with Crippen molar-refractivity contribution in [2.75, 3.05) is 32.3 Å². The number of benzene rings is 2. The first-order chi connectivity index (χ1) is 12.7. The molecule has 0 amide bonds. The molecule has 0 spiro atoms. The van der Waals surface area contributed by atoms with E-state index in [2.05, 4.69) is 0 Å². The summed E-state index contributed by atoms with van der Waals surface area (Å²) in [7, 11) is 0. The average molecular weight is 380 g/mol. The summed E-state index contributed by atoms with van der Waals surface area (Å²) in [5.41, 5.74) is 1.21. The largest absolute Gasteiger partial charge is 0.456 e. The zero-order chi connectivity index (χ0) is 18.5. The van der Waals surface area contributed by atoms with Gasteiger partial charge in [0.2, 0.25) is 0 Å². The van der Waals surface area contributed by atoms with Gasteiger partial charge in [-0.05, 0) is 12.1 Å². The van der Waals surface area contributed by atoms with Gasteiger partial charge in [-0.3, -0.25) is 10.1 Å². The lowest BCUT2D eigenvalue weighted by atomic mass is 10.0. The highest BCUT2D eigenvalue weighted by Crippen LogP contribution is 2.36. The molecule has 0 aliphatic carbocycles. The molecule has 138 valence electrons. The number of nitro groups is 1. The minimum absolute atomic E-state index is 0.155. The number of furan rings is 1. The lowest BCUT2D eigenvalue weighted by Crippen LogP contribution is -2.15. The molecule has 3 rings (SSSR count). The summed E-state index contributed by atoms with van der Waals surface area (Å²) in [6.45, 7) is 0.469. The van der Waals surface area contributed by atoms with Crippen LogP contribution in [0.25, 0.3) is 21.9 Å². The molecule has 0 saturated carbocycles. The second-order valence-corrected chi connectivity index (χ2v) is 5.98. The molecule has 0 saturated heterocycles. The van der Waals surface area contributed by atoms with Crippen molar-refractivity contribution in [3.05, 3.63) is 52.1 Å². The Balaban J connectivity index is 1.97. The van der Waals surface area contributed by atoms with E-state index < -0.39 is 17.6 Å². The fourth-order valence-electron chi connectivity index (χ4n) is 2.84. The normalized spacial score (nSPS) is 12.7. The quantitative estimate of drug-likeness (QED) is 0.263. The van der Waals surface area contributed by atoms with Crippen molar-refractivity contribution in [2.24, 2.45) is 0 Å². The highest BCUT2D eigenvalue weighted by atomic mass is 35.5. The Bertz CT molecular complexity index is 909. The van der Waals surface area contributed by atoms with Crippen LogP contribution in [0.3, 0.4) is 0 Å². The highest BCUT2D eigenvalue weighted by Gasteiger charge is 2.25. The van der Waals surface area contributed by atoms with Gasteiger partial charge in [-0.25, -0.2) is 0 Å². The van der Waals surface area contributed by atoms with E-state index in [9.17, 15) is 15.2 Å². The van der Waals surface area contributed by atoms with E-state index in [1.807, 2.05) is 18.2 Å². The van der Waals surface area contributed by atoms with E-state index in [4.69, 9.17) is 25.5 Å². The summed E-state index contributed by atoms with van der Waals surface area (Å²) in [5.74, 6) is 0.374. The van der Waals surface area contributed by atoms with Crippen LogP contribution in [0.4, 0.5) is 5.69 Å². The Morgan fingerprint density at radius 2 is 1.96 bits per heavy atom. The van der Waals surface area contributed by atoms with Gasteiger partial charge >= 0.3 is 0 Å². The molecular formula is C18H18ClNO6. The van der Waals surface area contributed by atoms with Crippen LogP contribution >= 0.6 is 11.6 Å². The van der Waals surface area contributed by atoms with Gasteiger partial charge in [0.05, 0.1) is 43.0 Å². The number of halogens is 1. The lowest BCUT2D eigenvalue weighted by Gasteiger charge is -2.16. The average Bonchev–Trinajstić information content (AvgIpc) is 3.01. The zero-order valence-corrected chi connectivity index (χ0v) is 14.6. The standard InChI is InChI=1S/C18H18ClNO6/c19-5-6-24-7-8-25-18(11-21)14-9-13-12-3-1-2-4-16(12)26-17(13)10-15(14)20(22)23/h1-4,9-10,18,21H,5-8,11H2. The third-order valence-electron chi connectivity index (χ3n) is 4.00. The smallest absolute Gasteiger partial charge is 0.279 e. The van der Waals surface area contributed by atoms with Gasteiger partial charge in [-0.1, -0.05) is 18.2 Å². The summed E-state index contributed by atoms with van der Waals surface area (Å²) in [6.07, 6.45) is -0.840. The van der Waals surface area contributed by atoms with E-state index in [-0.39, 0.29) is 18.9 Å². The number of para-hydroxylation sites is 1. The van der Waals surface area contributed by atoms with Crippen LogP contribution in [-0.2, 0) is 9.47 Å². The molecule has 3 aromatic rings. The number of hydrogen-bond acceptors (Lipinski definition) is 6. The van der Waals surface area contributed by atoms with Crippen LogP contribution in [0.1, 0.15) is 11.7 Å². The molecule has 0 radical (unpaired) electrons. The number of ether oxygens (including phenoxy) is 2. The van der Waals surface area contributed by atoms with Gasteiger partial charge in [-0.15, -0.1) is 11.6 Å². The Morgan fingerprint density at radius 1 is 1.15 bits per heavy atom. The van der Waals surface area contributed by atoms with Crippen LogP contribution < -0.4 is 0 Å². The topological polar surface area (TPSA) is 95.0 Å². The SMILES string of the molecule is O=[N+]([O-])c1cc2oc3ccccc3c2cc1C(CO)OCCOCCCl.